The van der Waals surface area contributed by atoms with Crippen molar-refractivity contribution in [3.63, 3.8) is 0 Å². The molecule has 20 heavy (non-hydrogen) atoms. The number of aliphatic carboxylic acids is 1. The molecule has 3 nitrogen and oxygen atoms in total. The Morgan fingerprint density at radius 2 is 1.35 bits per heavy atom. The molecule has 2 aromatic rings. The highest BCUT2D eigenvalue weighted by atomic mass is 35.5. The van der Waals surface area contributed by atoms with Gasteiger partial charge in [-0.1, -0.05) is 48.0 Å². The maximum Gasteiger partial charge on any atom is 0.307 e. The van der Waals surface area contributed by atoms with Gasteiger partial charge in [0.2, 0.25) is 0 Å². The number of carboxylic acids is 1. The molecule has 0 spiro atoms. The summed E-state index contributed by atoms with van der Waals surface area (Å²) in [6.45, 7) is 1.02. The van der Waals surface area contributed by atoms with Crippen LogP contribution in [0.1, 0.15) is 16.7 Å². The van der Waals surface area contributed by atoms with Crippen LogP contribution in [0.4, 0.5) is 0 Å². The van der Waals surface area contributed by atoms with Gasteiger partial charge in [0.1, 0.15) is 0 Å². The summed E-state index contributed by atoms with van der Waals surface area (Å²) in [5.41, 5.74) is 2.88. The summed E-state index contributed by atoms with van der Waals surface area (Å²) in [6, 6.07) is 14.9. The molecule has 0 unspecified atom stereocenters. The number of carbonyl (C=O) groups is 1. The van der Waals surface area contributed by atoms with Crippen molar-refractivity contribution in [2.75, 3.05) is 0 Å². The van der Waals surface area contributed by atoms with E-state index in [1.165, 1.54) is 0 Å². The van der Waals surface area contributed by atoms with Crippen molar-refractivity contribution in [1.29, 1.82) is 0 Å². The molecule has 4 heteroatoms. The van der Waals surface area contributed by atoms with E-state index in [0.29, 0.717) is 18.2 Å². The van der Waals surface area contributed by atoms with Gasteiger partial charge in [-0.05, 0) is 28.8 Å². The monoisotopic (exact) mass is 290 g/mol. The van der Waals surface area contributed by atoms with Gasteiger partial charge in [0.15, 0.2) is 0 Å². The standard InChI is InChI=1S/C16H15ClO3/c17-15-7-5-14(6-8-15)11-20-10-13-3-1-12(2-4-13)9-16(18)19/h1-8H,9-11H2,(H,18,19). The van der Waals surface area contributed by atoms with Crippen LogP contribution in [0.15, 0.2) is 48.5 Å². The maximum atomic E-state index is 10.6. The highest BCUT2D eigenvalue weighted by Gasteiger charge is 2.01. The van der Waals surface area contributed by atoms with Gasteiger partial charge in [-0.3, -0.25) is 4.79 Å². The molecule has 104 valence electrons. The fraction of sp³-hybridized carbons (Fsp3) is 0.188. The number of benzene rings is 2. The molecule has 0 aliphatic rings. The van der Waals surface area contributed by atoms with E-state index in [1.54, 1.807) is 0 Å². The zero-order valence-electron chi connectivity index (χ0n) is 10.9. The van der Waals surface area contributed by atoms with Gasteiger partial charge < -0.3 is 9.84 Å². The quantitative estimate of drug-likeness (QED) is 0.882. The van der Waals surface area contributed by atoms with Crippen molar-refractivity contribution in [1.82, 2.24) is 0 Å². The Kier molecular flexibility index (Phi) is 5.16. The van der Waals surface area contributed by atoms with Crippen molar-refractivity contribution in [2.45, 2.75) is 19.6 Å². The zero-order valence-corrected chi connectivity index (χ0v) is 11.6. The average molecular weight is 291 g/mol. The third-order valence-corrected chi connectivity index (χ3v) is 3.08. The van der Waals surface area contributed by atoms with Crippen molar-refractivity contribution < 1.29 is 14.6 Å². The predicted molar refractivity (Wildman–Crippen MR) is 77.7 cm³/mol. The lowest BCUT2D eigenvalue weighted by Gasteiger charge is -2.05. The maximum absolute atomic E-state index is 10.6. The van der Waals surface area contributed by atoms with E-state index >= 15 is 0 Å². The largest absolute Gasteiger partial charge is 0.481 e. The first-order valence-electron chi connectivity index (χ1n) is 6.25. The lowest BCUT2D eigenvalue weighted by Crippen LogP contribution is -2.00. The Labute approximate surface area is 122 Å². The number of carboxylic acid groups (broad SMARTS) is 1. The van der Waals surface area contributed by atoms with Gasteiger partial charge in [-0.25, -0.2) is 0 Å². The minimum absolute atomic E-state index is 0.0475. The fourth-order valence-electron chi connectivity index (χ4n) is 1.80. The molecule has 0 saturated heterocycles. The van der Waals surface area contributed by atoms with Crippen molar-refractivity contribution in [3.05, 3.63) is 70.2 Å². The molecule has 0 amide bonds. The second-order valence-corrected chi connectivity index (χ2v) is 4.94. The third kappa shape index (κ3) is 4.68. The van der Waals surface area contributed by atoms with E-state index in [2.05, 4.69) is 0 Å². The van der Waals surface area contributed by atoms with Gasteiger partial charge in [0, 0.05) is 5.02 Å². The molecule has 2 aromatic carbocycles. The molecule has 2 rings (SSSR count). The molecule has 0 heterocycles. The molecule has 1 N–H and O–H groups in total. The molecular formula is C16H15ClO3. The molecule has 0 aliphatic carbocycles. The first-order valence-corrected chi connectivity index (χ1v) is 6.63. The molecule has 0 fully saturated rings. The number of rotatable bonds is 6. The molecular weight excluding hydrogens is 276 g/mol. The highest BCUT2D eigenvalue weighted by molar-refractivity contribution is 6.30. The number of hydrogen-bond acceptors (Lipinski definition) is 2. The van der Waals surface area contributed by atoms with Crippen LogP contribution in [0.25, 0.3) is 0 Å². The minimum atomic E-state index is -0.822. The van der Waals surface area contributed by atoms with E-state index < -0.39 is 5.97 Å². The topological polar surface area (TPSA) is 46.5 Å². The molecule has 0 aromatic heterocycles. The Morgan fingerprint density at radius 3 is 1.85 bits per heavy atom. The summed E-state index contributed by atoms with van der Waals surface area (Å²) in [5.74, 6) is -0.822. The molecule has 0 saturated carbocycles. The smallest absolute Gasteiger partial charge is 0.307 e. The van der Waals surface area contributed by atoms with Crippen LogP contribution >= 0.6 is 11.6 Å². The van der Waals surface area contributed by atoms with E-state index in [1.807, 2.05) is 48.5 Å². The molecule has 0 radical (unpaired) electrons. The van der Waals surface area contributed by atoms with Crippen LogP contribution in [0.5, 0.6) is 0 Å². The highest BCUT2D eigenvalue weighted by Crippen LogP contribution is 2.12. The molecule has 0 aliphatic heterocycles. The van der Waals surface area contributed by atoms with E-state index in [0.717, 1.165) is 16.7 Å². The second kappa shape index (κ2) is 7.08. The Bertz CT molecular complexity index is 561. The Hall–Kier alpha value is -1.84. The minimum Gasteiger partial charge on any atom is -0.481 e. The second-order valence-electron chi connectivity index (χ2n) is 4.51. The SMILES string of the molecule is O=C(O)Cc1ccc(COCc2ccc(Cl)cc2)cc1. The summed E-state index contributed by atoms with van der Waals surface area (Å²) < 4.78 is 5.61. The van der Waals surface area contributed by atoms with Crippen LogP contribution in [-0.4, -0.2) is 11.1 Å². The summed E-state index contributed by atoms with van der Waals surface area (Å²) >= 11 is 5.81. The van der Waals surface area contributed by atoms with Gasteiger partial charge in [-0.15, -0.1) is 0 Å². The molecule has 0 atom stereocenters. The summed E-state index contributed by atoms with van der Waals surface area (Å²) in [5, 5.41) is 9.40. The third-order valence-electron chi connectivity index (χ3n) is 2.83. The predicted octanol–water partition coefficient (Wildman–Crippen LogP) is 3.68. The van der Waals surface area contributed by atoms with Gasteiger partial charge >= 0.3 is 5.97 Å². The number of halogens is 1. The van der Waals surface area contributed by atoms with Crippen molar-refractivity contribution in [2.24, 2.45) is 0 Å². The molecule has 0 bridgehead atoms. The normalized spacial score (nSPS) is 10.4. The summed E-state index contributed by atoms with van der Waals surface area (Å²) in [4.78, 5) is 10.6. The summed E-state index contributed by atoms with van der Waals surface area (Å²) in [7, 11) is 0. The first kappa shape index (κ1) is 14.6. The lowest BCUT2D eigenvalue weighted by molar-refractivity contribution is -0.136. The van der Waals surface area contributed by atoms with Gasteiger partial charge in [-0.2, -0.15) is 0 Å². The van der Waals surface area contributed by atoms with E-state index in [9.17, 15) is 4.79 Å². The van der Waals surface area contributed by atoms with Crippen molar-refractivity contribution >= 4 is 17.6 Å². The average Bonchev–Trinajstić information content (AvgIpc) is 2.42. The summed E-state index contributed by atoms with van der Waals surface area (Å²) in [6.07, 6.45) is 0.0475. The van der Waals surface area contributed by atoms with Crippen LogP contribution in [0, 0.1) is 0 Å². The van der Waals surface area contributed by atoms with Crippen LogP contribution in [0.3, 0.4) is 0 Å². The lowest BCUT2D eigenvalue weighted by atomic mass is 10.1. The van der Waals surface area contributed by atoms with E-state index in [4.69, 9.17) is 21.4 Å². The first-order chi connectivity index (χ1) is 9.63. The van der Waals surface area contributed by atoms with Crippen LogP contribution < -0.4 is 0 Å². The van der Waals surface area contributed by atoms with Gasteiger partial charge in [0.05, 0.1) is 19.6 Å². The fourth-order valence-corrected chi connectivity index (χ4v) is 1.92. The Morgan fingerprint density at radius 1 is 0.900 bits per heavy atom. The van der Waals surface area contributed by atoms with Crippen LogP contribution in [0.2, 0.25) is 5.02 Å². The van der Waals surface area contributed by atoms with Gasteiger partial charge in [0.25, 0.3) is 0 Å². The van der Waals surface area contributed by atoms with Crippen molar-refractivity contribution in [3.8, 4) is 0 Å². The zero-order chi connectivity index (χ0) is 14.4. The van der Waals surface area contributed by atoms with Crippen LogP contribution in [-0.2, 0) is 29.2 Å². The number of hydrogen-bond donors (Lipinski definition) is 1. The van der Waals surface area contributed by atoms with E-state index in [-0.39, 0.29) is 6.42 Å². The Balaban J connectivity index is 1.82. The number of ether oxygens (including phenoxy) is 1.